The highest BCUT2D eigenvalue weighted by molar-refractivity contribution is 5.95. The zero-order valence-corrected chi connectivity index (χ0v) is 7.73. The predicted molar refractivity (Wildman–Crippen MR) is 48.6 cm³/mol. The van der Waals surface area contributed by atoms with E-state index in [1.807, 2.05) is 18.9 Å². The average Bonchev–Trinajstić information content (AvgIpc) is 2.00. The van der Waals surface area contributed by atoms with Crippen LogP contribution in [0.2, 0.25) is 0 Å². The van der Waals surface area contributed by atoms with Gasteiger partial charge in [-0.3, -0.25) is 0 Å². The van der Waals surface area contributed by atoms with Gasteiger partial charge in [0.2, 0.25) is 0 Å². The van der Waals surface area contributed by atoms with Crippen molar-refractivity contribution in [2.24, 2.45) is 5.73 Å². The molecule has 0 saturated carbocycles. The van der Waals surface area contributed by atoms with E-state index in [9.17, 15) is 0 Å². The molecule has 0 aliphatic rings. The summed E-state index contributed by atoms with van der Waals surface area (Å²) in [6.45, 7) is 6.59. The zero-order chi connectivity index (χ0) is 9.02. The Bertz CT molecular complexity index is 182. The molecule has 0 bridgehead atoms. The lowest BCUT2D eigenvalue weighted by Crippen LogP contribution is -2.22. The highest BCUT2D eigenvalue weighted by Gasteiger charge is 2.02. The predicted octanol–water partition coefficient (Wildman–Crippen LogP) is 1.17. The third-order valence-corrected chi connectivity index (χ3v) is 1.84. The van der Waals surface area contributed by atoms with Crippen LogP contribution in [0.3, 0.4) is 0 Å². The van der Waals surface area contributed by atoms with E-state index >= 15 is 0 Å². The molecule has 64 valence electrons. The Morgan fingerprint density at radius 2 is 1.91 bits per heavy atom. The van der Waals surface area contributed by atoms with E-state index in [0.29, 0.717) is 11.4 Å². The normalized spacial score (nSPS) is 12.4. The molecule has 0 aromatic rings. The summed E-state index contributed by atoms with van der Waals surface area (Å²) in [7, 11) is 1.96. The molecule has 0 spiro atoms. The van der Waals surface area contributed by atoms with Gasteiger partial charge in [0.05, 0.1) is 11.4 Å². The molecule has 0 aliphatic heterocycles. The van der Waals surface area contributed by atoms with E-state index in [0.717, 1.165) is 12.2 Å². The smallest absolute Gasteiger partial charge is 0.0714 e. The fourth-order valence-corrected chi connectivity index (χ4v) is 0.714. The van der Waals surface area contributed by atoms with Crippen LogP contribution in [0.4, 0.5) is 0 Å². The highest BCUT2D eigenvalue weighted by atomic mass is 15.1. The highest BCUT2D eigenvalue weighted by Crippen LogP contribution is 2.03. The minimum atomic E-state index is 0.433. The molecule has 0 fully saturated rings. The van der Waals surface area contributed by atoms with Crippen molar-refractivity contribution >= 4 is 5.71 Å². The second-order valence-electron chi connectivity index (χ2n) is 2.64. The largest absolute Gasteiger partial charge is 0.396 e. The number of hydrogen-bond acceptors (Lipinski definition) is 3. The standard InChI is InChI=1S/C8H17N3/c1-5-11(4)7(3)8(10)6(2)9/h9H,5,10H2,1-4H3/b8-7+,9-6?. The molecule has 3 nitrogen and oxygen atoms in total. The van der Waals surface area contributed by atoms with Gasteiger partial charge in [-0.1, -0.05) is 0 Å². The molecule has 0 unspecified atom stereocenters. The maximum atomic E-state index is 7.29. The van der Waals surface area contributed by atoms with Gasteiger partial charge in [0.15, 0.2) is 0 Å². The number of nitrogens with two attached hydrogens (primary N) is 1. The summed E-state index contributed by atoms with van der Waals surface area (Å²) in [6, 6.07) is 0. The van der Waals surface area contributed by atoms with Crippen LogP contribution < -0.4 is 5.73 Å². The average molecular weight is 155 g/mol. The van der Waals surface area contributed by atoms with Gasteiger partial charge in [0.25, 0.3) is 0 Å². The zero-order valence-electron chi connectivity index (χ0n) is 7.73. The maximum absolute atomic E-state index is 7.29. The maximum Gasteiger partial charge on any atom is 0.0714 e. The molecule has 3 heteroatoms. The number of hydrogen-bond donors (Lipinski definition) is 2. The van der Waals surface area contributed by atoms with Gasteiger partial charge < -0.3 is 16.0 Å². The summed E-state index contributed by atoms with van der Waals surface area (Å²) in [6.07, 6.45) is 0. The van der Waals surface area contributed by atoms with Crippen LogP contribution in [0.25, 0.3) is 0 Å². The quantitative estimate of drug-likeness (QED) is 0.601. The van der Waals surface area contributed by atoms with Crippen molar-refractivity contribution in [2.75, 3.05) is 13.6 Å². The van der Waals surface area contributed by atoms with Crippen LogP contribution in [0.5, 0.6) is 0 Å². The van der Waals surface area contributed by atoms with Crippen LogP contribution in [-0.4, -0.2) is 24.2 Å². The minimum absolute atomic E-state index is 0.433. The molecule has 0 heterocycles. The SMILES string of the molecule is CCN(C)/C(C)=C(/N)C(C)=N. The summed E-state index contributed by atoms with van der Waals surface area (Å²) in [5, 5.41) is 7.29. The molecule has 0 saturated heterocycles. The van der Waals surface area contributed by atoms with Crippen molar-refractivity contribution < 1.29 is 0 Å². The first-order valence-corrected chi connectivity index (χ1v) is 3.73. The molecule has 0 aliphatic carbocycles. The van der Waals surface area contributed by atoms with E-state index < -0.39 is 0 Å². The minimum Gasteiger partial charge on any atom is -0.396 e. The Morgan fingerprint density at radius 3 is 2.18 bits per heavy atom. The van der Waals surface area contributed by atoms with Crippen molar-refractivity contribution in [3.63, 3.8) is 0 Å². The Kier molecular flexibility index (Phi) is 3.65. The monoisotopic (exact) mass is 155 g/mol. The van der Waals surface area contributed by atoms with E-state index in [1.54, 1.807) is 6.92 Å². The fraction of sp³-hybridized carbons (Fsp3) is 0.625. The summed E-state index contributed by atoms with van der Waals surface area (Å²) in [4.78, 5) is 2.02. The molecule has 0 amide bonds. The van der Waals surface area contributed by atoms with Crippen molar-refractivity contribution in [3.8, 4) is 0 Å². The topological polar surface area (TPSA) is 53.1 Å². The van der Waals surface area contributed by atoms with Crippen molar-refractivity contribution in [3.05, 3.63) is 11.4 Å². The second kappa shape index (κ2) is 4.01. The van der Waals surface area contributed by atoms with Gasteiger partial charge in [-0.05, 0) is 20.8 Å². The van der Waals surface area contributed by atoms with Crippen LogP contribution in [0.1, 0.15) is 20.8 Å². The molecule has 0 aromatic heterocycles. The molecule has 0 rings (SSSR count). The van der Waals surface area contributed by atoms with Crippen LogP contribution >= 0.6 is 0 Å². The lowest BCUT2D eigenvalue weighted by molar-refractivity contribution is 0.439. The van der Waals surface area contributed by atoms with Gasteiger partial charge in [-0.15, -0.1) is 0 Å². The van der Waals surface area contributed by atoms with Gasteiger partial charge >= 0.3 is 0 Å². The first-order chi connectivity index (χ1) is 5.00. The third-order valence-electron chi connectivity index (χ3n) is 1.84. The fourth-order valence-electron chi connectivity index (χ4n) is 0.714. The molecule has 11 heavy (non-hydrogen) atoms. The summed E-state index contributed by atoms with van der Waals surface area (Å²) in [5.41, 5.74) is 7.63. The molecule has 0 atom stereocenters. The third kappa shape index (κ3) is 2.62. The van der Waals surface area contributed by atoms with Crippen molar-refractivity contribution in [1.29, 1.82) is 5.41 Å². The van der Waals surface area contributed by atoms with E-state index in [1.165, 1.54) is 0 Å². The Labute approximate surface area is 68.4 Å². The first kappa shape index (κ1) is 10.0. The number of nitrogens with one attached hydrogen (secondary N) is 1. The van der Waals surface area contributed by atoms with Gasteiger partial charge in [0, 0.05) is 19.3 Å². The molecule has 0 radical (unpaired) electrons. The van der Waals surface area contributed by atoms with Crippen LogP contribution in [0.15, 0.2) is 11.4 Å². The Balaban J connectivity index is 4.51. The van der Waals surface area contributed by atoms with E-state index in [-0.39, 0.29) is 0 Å². The van der Waals surface area contributed by atoms with Gasteiger partial charge in [0.1, 0.15) is 0 Å². The van der Waals surface area contributed by atoms with Crippen LogP contribution in [0, 0.1) is 5.41 Å². The second-order valence-corrected chi connectivity index (χ2v) is 2.64. The summed E-state index contributed by atoms with van der Waals surface area (Å²) in [5.74, 6) is 0. The van der Waals surface area contributed by atoms with Gasteiger partial charge in [-0.2, -0.15) is 0 Å². The Hall–Kier alpha value is -0.990. The van der Waals surface area contributed by atoms with Crippen molar-refractivity contribution in [1.82, 2.24) is 4.90 Å². The van der Waals surface area contributed by atoms with E-state index in [2.05, 4.69) is 6.92 Å². The number of nitrogens with zero attached hydrogens (tertiary/aromatic N) is 1. The summed E-state index contributed by atoms with van der Waals surface area (Å²) < 4.78 is 0. The number of allylic oxidation sites excluding steroid dienone is 2. The van der Waals surface area contributed by atoms with E-state index in [4.69, 9.17) is 11.1 Å². The lowest BCUT2D eigenvalue weighted by Gasteiger charge is -2.19. The van der Waals surface area contributed by atoms with Crippen LogP contribution in [-0.2, 0) is 0 Å². The molecule has 0 aromatic carbocycles. The van der Waals surface area contributed by atoms with Crippen molar-refractivity contribution in [2.45, 2.75) is 20.8 Å². The Morgan fingerprint density at radius 1 is 1.45 bits per heavy atom. The first-order valence-electron chi connectivity index (χ1n) is 3.73. The molecule has 3 N–H and O–H groups in total. The summed E-state index contributed by atoms with van der Waals surface area (Å²) >= 11 is 0. The lowest BCUT2D eigenvalue weighted by atomic mass is 10.2. The molecular formula is C8H17N3. The number of rotatable bonds is 3. The van der Waals surface area contributed by atoms with Gasteiger partial charge in [-0.25, -0.2) is 0 Å². The molecular weight excluding hydrogens is 138 g/mol.